The summed E-state index contributed by atoms with van der Waals surface area (Å²) in [6, 6.07) is 17.5. The molecule has 0 saturated heterocycles. The molecule has 0 radical (unpaired) electrons. The summed E-state index contributed by atoms with van der Waals surface area (Å²) < 4.78 is 29.2. The van der Waals surface area contributed by atoms with Crippen LogP contribution in [0.15, 0.2) is 71.6 Å². The number of carbonyl (C=O) groups excluding carboxylic acids is 2. The summed E-state index contributed by atoms with van der Waals surface area (Å²) in [5, 5.41) is 3.80. The average molecular weight is 631 g/mol. The number of nitrogens with one attached hydrogen (secondary N) is 1. The van der Waals surface area contributed by atoms with Gasteiger partial charge in [0, 0.05) is 28.2 Å². The van der Waals surface area contributed by atoms with Gasteiger partial charge in [0.15, 0.2) is 0 Å². The molecule has 1 N–H and O–H groups in total. The number of hydrogen-bond acceptors (Lipinski definition) is 4. The lowest BCUT2D eigenvalue weighted by atomic mass is 9.95. The second kappa shape index (κ2) is 13.9. The SMILES string of the molecule is Cc1cccc(N(CC(=O)N(Cc2c(Cl)cccc2Cl)[C@@H](C)C(=O)NC2CCCCC2)S(=O)(=O)c2ccccc2)c1C. The Labute approximate surface area is 258 Å². The molecule has 4 rings (SSSR count). The third-order valence-corrected chi connectivity index (χ3v) is 10.4. The number of rotatable bonds is 10. The molecule has 42 heavy (non-hydrogen) atoms. The number of nitrogens with zero attached hydrogens (tertiary/aromatic N) is 2. The molecule has 0 heterocycles. The summed E-state index contributed by atoms with van der Waals surface area (Å²) in [7, 11) is -4.15. The molecule has 1 atom stereocenters. The number of amides is 2. The van der Waals surface area contributed by atoms with Crippen LogP contribution in [0, 0.1) is 13.8 Å². The molecule has 0 unspecified atom stereocenters. The average Bonchev–Trinajstić information content (AvgIpc) is 2.98. The van der Waals surface area contributed by atoms with Gasteiger partial charge < -0.3 is 10.2 Å². The quantitative estimate of drug-likeness (QED) is 0.271. The number of aryl methyl sites for hydroxylation is 1. The molecule has 0 aliphatic heterocycles. The molecule has 2 amide bonds. The van der Waals surface area contributed by atoms with Crippen LogP contribution in [0.4, 0.5) is 5.69 Å². The van der Waals surface area contributed by atoms with Crippen molar-refractivity contribution in [3.63, 3.8) is 0 Å². The smallest absolute Gasteiger partial charge is 0.264 e. The summed E-state index contributed by atoms with van der Waals surface area (Å²) in [5.74, 6) is -0.861. The van der Waals surface area contributed by atoms with Crippen LogP contribution in [-0.2, 0) is 26.2 Å². The Balaban J connectivity index is 1.73. The normalized spacial score (nSPS) is 14.7. The van der Waals surface area contributed by atoms with E-state index in [2.05, 4.69) is 5.32 Å². The van der Waals surface area contributed by atoms with E-state index in [1.807, 2.05) is 19.9 Å². The van der Waals surface area contributed by atoms with Crippen LogP contribution in [0.3, 0.4) is 0 Å². The highest BCUT2D eigenvalue weighted by Gasteiger charge is 2.34. The van der Waals surface area contributed by atoms with E-state index in [4.69, 9.17) is 23.2 Å². The van der Waals surface area contributed by atoms with Gasteiger partial charge in [-0.05, 0) is 75.1 Å². The van der Waals surface area contributed by atoms with Gasteiger partial charge in [0.1, 0.15) is 12.6 Å². The molecule has 1 aliphatic carbocycles. The lowest BCUT2D eigenvalue weighted by Gasteiger charge is -2.34. The zero-order valence-electron chi connectivity index (χ0n) is 24.1. The molecule has 0 spiro atoms. The Morgan fingerprint density at radius 2 is 1.52 bits per heavy atom. The third kappa shape index (κ3) is 7.28. The topological polar surface area (TPSA) is 86.8 Å². The first-order chi connectivity index (χ1) is 20.0. The number of hydrogen-bond donors (Lipinski definition) is 1. The molecule has 1 saturated carbocycles. The Morgan fingerprint density at radius 1 is 0.905 bits per heavy atom. The Hall–Kier alpha value is -3.07. The minimum Gasteiger partial charge on any atom is -0.352 e. The fourth-order valence-electron chi connectivity index (χ4n) is 5.24. The number of benzene rings is 3. The minimum atomic E-state index is -4.15. The maximum Gasteiger partial charge on any atom is 0.264 e. The second-order valence-electron chi connectivity index (χ2n) is 10.8. The van der Waals surface area contributed by atoms with E-state index in [1.165, 1.54) is 17.0 Å². The van der Waals surface area contributed by atoms with Crippen LogP contribution < -0.4 is 9.62 Å². The highest BCUT2D eigenvalue weighted by Crippen LogP contribution is 2.30. The van der Waals surface area contributed by atoms with Gasteiger partial charge in [-0.2, -0.15) is 0 Å². The Morgan fingerprint density at radius 3 is 2.17 bits per heavy atom. The molecule has 3 aromatic rings. The van der Waals surface area contributed by atoms with E-state index >= 15 is 0 Å². The molecule has 1 fully saturated rings. The summed E-state index contributed by atoms with van der Waals surface area (Å²) in [6.45, 7) is 4.77. The van der Waals surface area contributed by atoms with E-state index < -0.39 is 28.5 Å². The highest BCUT2D eigenvalue weighted by molar-refractivity contribution is 7.92. The second-order valence-corrected chi connectivity index (χ2v) is 13.5. The van der Waals surface area contributed by atoms with Crippen LogP contribution in [0.25, 0.3) is 0 Å². The molecule has 0 aromatic heterocycles. The molecule has 224 valence electrons. The van der Waals surface area contributed by atoms with E-state index in [0.717, 1.165) is 47.5 Å². The Kier molecular flexibility index (Phi) is 10.6. The third-order valence-electron chi connectivity index (χ3n) is 7.96. The first kappa shape index (κ1) is 31.9. The van der Waals surface area contributed by atoms with E-state index in [1.54, 1.807) is 55.5 Å². The van der Waals surface area contributed by atoms with Crippen molar-refractivity contribution in [3.05, 3.63) is 93.5 Å². The van der Waals surface area contributed by atoms with Crippen LogP contribution in [0.5, 0.6) is 0 Å². The maximum atomic E-state index is 14.2. The van der Waals surface area contributed by atoms with Crippen molar-refractivity contribution in [2.24, 2.45) is 0 Å². The summed E-state index contributed by atoms with van der Waals surface area (Å²) in [4.78, 5) is 29.1. The van der Waals surface area contributed by atoms with Crippen molar-refractivity contribution in [3.8, 4) is 0 Å². The predicted molar refractivity (Wildman–Crippen MR) is 168 cm³/mol. The maximum absolute atomic E-state index is 14.2. The molecular formula is C32H37Cl2N3O4S. The number of anilines is 1. The van der Waals surface area contributed by atoms with Crippen molar-refractivity contribution in [1.29, 1.82) is 0 Å². The van der Waals surface area contributed by atoms with Crippen molar-refractivity contribution in [1.82, 2.24) is 10.2 Å². The fraction of sp³-hybridized carbons (Fsp3) is 0.375. The van der Waals surface area contributed by atoms with Gasteiger partial charge in [0.25, 0.3) is 10.0 Å². The number of sulfonamides is 1. The van der Waals surface area contributed by atoms with Crippen LogP contribution in [0.1, 0.15) is 55.7 Å². The van der Waals surface area contributed by atoms with Gasteiger partial charge in [-0.25, -0.2) is 8.42 Å². The first-order valence-electron chi connectivity index (χ1n) is 14.2. The zero-order valence-corrected chi connectivity index (χ0v) is 26.5. The molecule has 7 nitrogen and oxygen atoms in total. The van der Waals surface area contributed by atoms with E-state index in [9.17, 15) is 18.0 Å². The van der Waals surface area contributed by atoms with Gasteiger partial charge in [-0.3, -0.25) is 13.9 Å². The standard InChI is InChI=1S/C32H37Cl2N3O4S/c1-22-12-10-19-30(23(22)2)37(42(40,41)26-15-8-5-9-16-26)21-31(38)36(20-27-28(33)17-11-18-29(27)34)24(3)32(39)35-25-13-6-4-7-14-25/h5,8-12,15-19,24-25H,4,6-7,13-14,20-21H2,1-3H3,(H,35,39)/t24-/m0/s1. The largest absolute Gasteiger partial charge is 0.352 e. The van der Waals surface area contributed by atoms with Gasteiger partial charge in [0.05, 0.1) is 10.6 Å². The predicted octanol–water partition coefficient (Wildman–Crippen LogP) is 6.67. The lowest BCUT2D eigenvalue weighted by Crippen LogP contribution is -2.53. The van der Waals surface area contributed by atoms with Gasteiger partial charge in [0.2, 0.25) is 11.8 Å². The van der Waals surface area contributed by atoms with E-state index in [-0.39, 0.29) is 23.4 Å². The van der Waals surface area contributed by atoms with Crippen molar-refractivity contribution in [2.45, 2.75) is 76.4 Å². The molecule has 3 aromatic carbocycles. The number of halogens is 2. The van der Waals surface area contributed by atoms with Crippen LogP contribution in [0.2, 0.25) is 10.0 Å². The fourth-order valence-corrected chi connectivity index (χ4v) is 7.25. The van der Waals surface area contributed by atoms with Crippen LogP contribution >= 0.6 is 23.2 Å². The van der Waals surface area contributed by atoms with Gasteiger partial charge in [-0.15, -0.1) is 0 Å². The van der Waals surface area contributed by atoms with Gasteiger partial charge >= 0.3 is 0 Å². The summed E-state index contributed by atoms with van der Waals surface area (Å²) in [5.41, 5.74) is 2.49. The lowest BCUT2D eigenvalue weighted by molar-refractivity contribution is -0.139. The molecule has 0 bridgehead atoms. The summed E-state index contributed by atoms with van der Waals surface area (Å²) >= 11 is 13.0. The van der Waals surface area contributed by atoms with Crippen molar-refractivity contribution in [2.75, 3.05) is 10.8 Å². The monoisotopic (exact) mass is 629 g/mol. The Bertz CT molecular complexity index is 1510. The molecule has 1 aliphatic rings. The summed E-state index contributed by atoms with van der Waals surface area (Å²) in [6.07, 6.45) is 5.00. The van der Waals surface area contributed by atoms with Gasteiger partial charge in [-0.1, -0.05) is 78.9 Å². The zero-order chi connectivity index (χ0) is 30.4. The highest BCUT2D eigenvalue weighted by atomic mass is 35.5. The van der Waals surface area contributed by atoms with Crippen molar-refractivity contribution >= 4 is 50.7 Å². The molecule has 10 heteroatoms. The number of carbonyl (C=O) groups is 2. The van der Waals surface area contributed by atoms with E-state index in [0.29, 0.717) is 21.3 Å². The van der Waals surface area contributed by atoms with Crippen molar-refractivity contribution < 1.29 is 18.0 Å². The van der Waals surface area contributed by atoms with Crippen LogP contribution in [-0.4, -0.2) is 43.8 Å². The minimum absolute atomic E-state index is 0.0412. The first-order valence-corrected chi connectivity index (χ1v) is 16.4. The molecular weight excluding hydrogens is 593 g/mol.